The van der Waals surface area contributed by atoms with Crippen LogP contribution in [0.1, 0.15) is 66.2 Å². The van der Waals surface area contributed by atoms with Gasteiger partial charge in [0.05, 0.1) is 36.7 Å². The molecule has 3 aromatic rings. The van der Waals surface area contributed by atoms with Crippen LogP contribution >= 0.6 is 11.3 Å². The molecular formula is C25H29N3O4S. The number of ether oxygens (including phenoxy) is 2. The first kappa shape index (κ1) is 23.2. The number of methoxy groups -OCH3 is 1. The first-order valence-electron chi connectivity index (χ1n) is 11.4. The van der Waals surface area contributed by atoms with E-state index in [9.17, 15) is 9.59 Å². The van der Waals surface area contributed by atoms with Crippen LogP contribution in [0.4, 0.5) is 0 Å². The van der Waals surface area contributed by atoms with Gasteiger partial charge < -0.3 is 9.47 Å². The van der Waals surface area contributed by atoms with Crippen LogP contribution < -0.4 is 4.74 Å². The Hall–Kier alpha value is -3.00. The maximum Gasteiger partial charge on any atom is 0.337 e. The van der Waals surface area contributed by atoms with Gasteiger partial charge in [-0.2, -0.15) is 10.2 Å². The van der Waals surface area contributed by atoms with Gasteiger partial charge in [-0.25, -0.2) is 4.79 Å². The molecule has 8 heteroatoms. The highest BCUT2D eigenvalue weighted by atomic mass is 32.1. The Morgan fingerprint density at radius 2 is 1.97 bits per heavy atom. The molecule has 0 bridgehead atoms. The molecule has 3 unspecified atom stereocenters. The van der Waals surface area contributed by atoms with Gasteiger partial charge in [0.15, 0.2) is 5.78 Å². The third kappa shape index (κ3) is 5.87. The number of aromatic nitrogens is 3. The number of rotatable bonds is 8. The van der Waals surface area contributed by atoms with Crippen LogP contribution in [-0.2, 0) is 4.74 Å². The van der Waals surface area contributed by atoms with Crippen molar-refractivity contribution in [2.75, 3.05) is 7.11 Å². The summed E-state index contributed by atoms with van der Waals surface area (Å²) in [5.74, 6) is 1.44. The fourth-order valence-electron chi connectivity index (χ4n) is 4.55. The van der Waals surface area contributed by atoms with E-state index in [1.165, 1.54) is 23.2 Å². The normalized spacial score (nSPS) is 20.7. The standard InChI is InChI=1S/C25H29N3O4S/c1-17-6-8-21(32-20-5-3-4-19(16-20)25(30)31-2)15-18(14-17)7-9-23(29)22-10-13-33-24(22)28-26-11-12-27-28/h3-5,10-13,16-18,21H,6-9,14-15H2,1-2H3. The summed E-state index contributed by atoms with van der Waals surface area (Å²) < 4.78 is 11.1. The number of nitrogens with zero attached hydrogens (tertiary/aromatic N) is 3. The molecule has 1 aliphatic rings. The number of esters is 1. The van der Waals surface area contributed by atoms with Crippen molar-refractivity contribution in [2.45, 2.75) is 51.6 Å². The number of carbonyl (C=O) groups is 2. The van der Waals surface area contributed by atoms with E-state index in [0.29, 0.717) is 35.1 Å². The van der Waals surface area contributed by atoms with Crippen molar-refractivity contribution < 1.29 is 19.1 Å². The summed E-state index contributed by atoms with van der Waals surface area (Å²) >= 11 is 1.47. The van der Waals surface area contributed by atoms with Crippen molar-refractivity contribution in [1.82, 2.24) is 15.0 Å². The van der Waals surface area contributed by atoms with Crippen LogP contribution in [0.5, 0.6) is 5.75 Å². The first-order valence-corrected chi connectivity index (χ1v) is 12.2. The summed E-state index contributed by atoms with van der Waals surface area (Å²) in [5, 5.41) is 11.0. The van der Waals surface area contributed by atoms with Crippen LogP contribution in [0.25, 0.3) is 5.00 Å². The highest BCUT2D eigenvalue weighted by Gasteiger charge is 2.26. The van der Waals surface area contributed by atoms with Gasteiger partial charge in [0.1, 0.15) is 10.8 Å². The van der Waals surface area contributed by atoms with Gasteiger partial charge >= 0.3 is 5.97 Å². The third-order valence-electron chi connectivity index (χ3n) is 6.20. The molecule has 0 spiro atoms. The van der Waals surface area contributed by atoms with Crippen molar-refractivity contribution in [1.29, 1.82) is 0 Å². The van der Waals surface area contributed by atoms with E-state index in [1.54, 1.807) is 24.5 Å². The molecule has 33 heavy (non-hydrogen) atoms. The van der Waals surface area contributed by atoms with Crippen LogP contribution in [0.15, 0.2) is 48.1 Å². The molecule has 2 aromatic heterocycles. The smallest absolute Gasteiger partial charge is 0.337 e. The Bertz CT molecular complexity index is 1080. The Balaban J connectivity index is 1.38. The zero-order chi connectivity index (χ0) is 23.2. The maximum absolute atomic E-state index is 13.0. The number of carbonyl (C=O) groups excluding carboxylic acids is 2. The van der Waals surface area contributed by atoms with E-state index in [-0.39, 0.29) is 17.9 Å². The minimum Gasteiger partial charge on any atom is -0.490 e. The monoisotopic (exact) mass is 467 g/mol. The van der Waals surface area contributed by atoms with Crippen molar-refractivity contribution in [2.24, 2.45) is 11.8 Å². The molecule has 0 N–H and O–H groups in total. The summed E-state index contributed by atoms with van der Waals surface area (Å²) in [6.45, 7) is 2.27. The number of hydrogen-bond donors (Lipinski definition) is 0. The van der Waals surface area contributed by atoms with Crippen LogP contribution in [-0.4, -0.2) is 40.0 Å². The molecule has 4 rings (SSSR count). The van der Waals surface area contributed by atoms with Crippen LogP contribution in [0.3, 0.4) is 0 Å². The quantitative estimate of drug-likeness (QED) is 0.252. The second-order valence-corrected chi connectivity index (χ2v) is 9.59. The molecule has 0 saturated heterocycles. The minimum atomic E-state index is -0.371. The van der Waals surface area contributed by atoms with Gasteiger partial charge in [-0.15, -0.1) is 16.1 Å². The van der Waals surface area contributed by atoms with Crippen molar-refractivity contribution >= 4 is 23.1 Å². The minimum absolute atomic E-state index is 0.0629. The van der Waals surface area contributed by atoms with Gasteiger partial charge in [-0.3, -0.25) is 4.79 Å². The van der Waals surface area contributed by atoms with Crippen molar-refractivity contribution in [3.63, 3.8) is 0 Å². The highest BCUT2D eigenvalue weighted by Crippen LogP contribution is 2.33. The lowest BCUT2D eigenvalue weighted by atomic mass is 9.89. The predicted octanol–water partition coefficient (Wildman–Crippen LogP) is 5.35. The largest absolute Gasteiger partial charge is 0.490 e. The molecular weight excluding hydrogens is 438 g/mol. The molecule has 7 nitrogen and oxygen atoms in total. The number of thiophene rings is 1. The Morgan fingerprint density at radius 1 is 1.15 bits per heavy atom. The first-order chi connectivity index (χ1) is 16.0. The number of benzene rings is 1. The number of hydrogen-bond acceptors (Lipinski definition) is 7. The van der Waals surface area contributed by atoms with E-state index in [4.69, 9.17) is 9.47 Å². The van der Waals surface area contributed by atoms with Gasteiger partial charge in [0.25, 0.3) is 0 Å². The lowest BCUT2D eigenvalue weighted by Crippen LogP contribution is -2.19. The topological polar surface area (TPSA) is 83.3 Å². The number of ketones is 1. The average molecular weight is 468 g/mol. The van der Waals surface area contributed by atoms with Crippen molar-refractivity contribution in [3.05, 3.63) is 59.2 Å². The Kier molecular flexibility index (Phi) is 7.54. The van der Waals surface area contributed by atoms with Gasteiger partial charge in [-0.05, 0) is 73.6 Å². The maximum atomic E-state index is 13.0. The summed E-state index contributed by atoms with van der Waals surface area (Å²) in [5.41, 5.74) is 1.17. The summed E-state index contributed by atoms with van der Waals surface area (Å²) in [7, 11) is 1.37. The molecule has 0 amide bonds. The molecule has 3 atom stereocenters. The Labute approximate surface area is 197 Å². The predicted molar refractivity (Wildman–Crippen MR) is 126 cm³/mol. The molecule has 1 aliphatic carbocycles. The van der Waals surface area contributed by atoms with E-state index in [0.717, 1.165) is 37.1 Å². The fourth-order valence-corrected chi connectivity index (χ4v) is 5.38. The summed E-state index contributed by atoms with van der Waals surface area (Å²) in [6, 6.07) is 9.01. The highest BCUT2D eigenvalue weighted by molar-refractivity contribution is 7.13. The molecule has 1 aromatic carbocycles. The molecule has 1 fully saturated rings. The third-order valence-corrected chi connectivity index (χ3v) is 7.08. The second-order valence-electron chi connectivity index (χ2n) is 8.70. The van der Waals surface area contributed by atoms with E-state index in [2.05, 4.69) is 17.1 Å². The van der Waals surface area contributed by atoms with E-state index < -0.39 is 0 Å². The fraction of sp³-hybridized carbons (Fsp3) is 0.440. The summed E-state index contributed by atoms with van der Waals surface area (Å²) in [6.07, 6.45) is 8.65. The SMILES string of the molecule is COC(=O)c1cccc(OC2CCC(C)CC(CCC(=O)c3ccsc3-n3nccn3)C2)c1. The van der Waals surface area contributed by atoms with Gasteiger partial charge in [-0.1, -0.05) is 13.0 Å². The average Bonchev–Trinajstić information content (AvgIpc) is 3.49. The van der Waals surface area contributed by atoms with Gasteiger partial charge in [0.2, 0.25) is 0 Å². The number of Topliss-reactive ketones (excluding diaryl/α,β-unsaturated/α-hetero) is 1. The molecule has 2 heterocycles. The molecule has 174 valence electrons. The van der Waals surface area contributed by atoms with Crippen molar-refractivity contribution in [3.8, 4) is 10.8 Å². The van der Waals surface area contributed by atoms with Crippen LogP contribution in [0, 0.1) is 11.8 Å². The van der Waals surface area contributed by atoms with Crippen LogP contribution in [0.2, 0.25) is 0 Å². The van der Waals surface area contributed by atoms with Gasteiger partial charge in [0, 0.05) is 6.42 Å². The van der Waals surface area contributed by atoms with E-state index >= 15 is 0 Å². The Morgan fingerprint density at radius 3 is 2.76 bits per heavy atom. The molecule has 1 saturated carbocycles. The summed E-state index contributed by atoms with van der Waals surface area (Å²) in [4.78, 5) is 26.3. The molecule has 0 radical (unpaired) electrons. The zero-order valence-corrected chi connectivity index (χ0v) is 19.8. The molecule has 0 aliphatic heterocycles. The lowest BCUT2D eigenvalue weighted by molar-refractivity contribution is 0.0599. The zero-order valence-electron chi connectivity index (χ0n) is 19.0. The second kappa shape index (κ2) is 10.7. The van der Waals surface area contributed by atoms with E-state index in [1.807, 2.05) is 23.6 Å². The lowest BCUT2D eigenvalue weighted by Gasteiger charge is -2.22.